The van der Waals surface area contributed by atoms with Crippen molar-refractivity contribution in [2.45, 2.75) is 58.0 Å². The van der Waals surface area contributed by atoms with Gasteiger partial charge in [-0.15, -0.1) is 0 Å². The minimum Gasteiger partial charge on any atom is -0.387 e. The first-order valence-corrected chi connectivity index (χ1v) is 6.91. The Labute approximate surface area is 109 Å². The Kier molecular flexibility index (Phi) is 7.22. The quantitative estimate of drug-likeness (QED) is 0.693. The molecule has 17 heavy (non-hydrogen) atoms. The van der Waals surface area contributed by atoms with E-state index in [0.717, 1.165) is 12.8 Å². The Morgan fingerprint density at radius 1 is 1.24 bits per heavy atom. The van der Waals surface area contributed by atoms with Gasteiger partial charge in [-0.3, -0.25) is 4.98 Å². The minimum absolute atomic E-state index is 0.472. The van der Waals surface area contributed by atoms with Crippen LogP contribution in [0.2, 0.25) is 5.02 Å². The van der Waals surface area contributed by atoms with Crippen molar-refractivity contribution in [1.82, 2.24) is 4.98 Å². The number of aromatic nitrogens is 1. The zero-order valence-corrected chi connectivity index (χ0v) is 11.3. The lowest BCUT2D eigenvalue weighted by Gasteiger charge is -2.09. The van der Waals surface area contributed by atoms with Gasteiger partial charge in [-0.2, -0.15) is 0 Å². The van der Waals surface area contributed by atoms with Gasteiger partial charge in [0.25, 0.3) is 0 Å². The highest BCUT2D eigenvalue weighted by Gasteiger charge is 2.08. The Morgan fingerprint density at radius 3 is 2.65 bits per heavy atom. The number of hydrogen-bond donors (Lipinski definition) is 1. The van der Waals surface area contributed by atoms with Crippen molar-refractivity contribution in [3.63, 3.8) is 0 Å². The van der Waals surface area contributed by atoms with E-state index in [9.17, 15) is 5.11 Å². The molecular formula is C14H22ClNO. The van der Waals surface area contributed by atoms with E-state index in [2.05, 4.69) is 11.9 Å². The van der Waals surface area contributed by atoms with E-state index in [0.29, 0.717) is 10.7 Å². The summed E-state index contributed by atoms with van der Waals surface area (Å²) in [6, 6.07) is 3.46. The van der Waals surface area contributed by atoms with Crippen molar-refractivity contribution in [1.29, 1.82) is 0 Å². The lowest BCUT2D eigenvalue weighted by atomic mass is 10.1. The highest BCUT2D eigenvalue weighted by molar-refractivity contribution is 6.30. The number of nitrogens with zero attached hydrogens (tertiary/aromatic N) is 1. The largest absolute Gasteiger partial charge is 0.387 e. The summed E-state index contributed by atoms with van der Waals surface area (Å²) in [5.41, 5.74) is 0.686. The molecule has 0 radical (unpaired) electrons. The molecule has 0 fully saturated rings. The van der Waals surface area contributed by atoms with Crippen LogP contribution in [-0.2, 0) is 0 Å². The number of rotatable bonds is 8. The lowest BCUT2D eigenvalue weighted by molar-refractivity contribution is 0.158. The van der Waals surface area contributed by atoms with Crippen molar-refractivity contribution >= 4 is 11.6 Å². The molecule has 3 heteroatoms. The molecule has 1 heterocycles. The van der Waals surface area contributed by atoms with Crippen LogP contribution in [0.4, 0.5) is 0 Å². The van der Waals surface area contributed by atoms with Crippen LogP contribution in [0.25, 0.3) is 0 Å². The fourth-order valence-corrected chi connectivity index (χ4v) is 2.04. The molecule has 1 atom stereocenters. The molecule has 0 aliphatic heterocycles. The van der Waals surface area contributed by atoms with Gasteiger partial charge in [-0.1, -0.05) is 57.0 Å². The molecule has 0 aromatic carbocycles. The van der Waals surface area contributed by atoms with E-state index in [-0.39, 0.29) is 0 Å². The summed E-state index contributed by atoms with van der Waals surface area (Å²) >= 11 is 5.86. The van der Waals surface area contributed by atoms with Crippen LogP contribution in [0.3, 0.4) is 0 Å². The Morgan fingerprint density at radius 2 is 1.94 bits per heavy atom. The molecule has 96 valence electrons. The fraction of sp³-hybridized carbons (Fsp3) is 0.643. The summed E-state index contributed by atoms with van der Waals surface area (Å²) in [7, 11) is 0. The van der Waals surface area contributed by atoms with Crippen LogP contribution in [-0.4, -0.2) is 10.1 Å². The van der Waals surface area contributed by atoms with Crippen molar-refractivity contribution < 1.29 is 5.11 Å². The van der Waals surface area contributed by atoms with Gasteiger partial charge in [0.05, 0.1) is 11.8 Å². The molecule has 0 aliphatic rings. The summed E-state index contributed by atoms with van der Waals surface area (Å²) in [5.74, 6) is 0. The van der Waals surface area contributed by atoms with E-state index in [1.165, 1.54) is 32.1 Å². The topological polar surface area (TPSA) is 33.1 Å². The van der Waals surface area contributed by atoms with Gasteiger partial charge in [0.1, 0.15) is 0 Å². The van der Waals surface area contributed by atoms with Crippen molar-refractivity contribution in [3.05, 3.63) is 29.0 Å². The highest BCUT2D eigenvalue weighted by atomic mass is 35.5. The first kappa shape index (κ1) is 14.5. The average molecular weight is 256 g/mol. The molecule has 0 saturated heterocycles. The predicted octanol–water partition coefficient (Wildman–Crippen LogP) is 4.52. The van der Waals surface area contributed by atoms with Gasteiger partial charge in [-0.05, 0) is 18.6 Å². The second-order valence-electron chi connectivity index (χ2n) is 4.47. The van der Waals surface area contributed by atoms with Crippen molar-refractivity contribution in [2.24, 2.45) is 0 Å². The number of halogens is 1. The normalized spacial score (nSPS) is 12.6. The molecule has 1 aromatic rings. The van der Waals surface area contributed by atoms with E-state index >= 15 is 0 Å². The molecule has 0 saturated carbocycles. The van der Waals surface area contributed by atoms with E-state index in [1.54, 1.807) is 18.3 Å². The maximum absolute atomic E-state index is 9.93. The number of hydrogen-bond acceptors (Lipinski definition) is 2. The Hall–Kier alpha value is -0.600. The van der Waals surface area contributed by atoms with Crippen LogP contribution in [0.1, 0.15) is 63.7 Å². The summed E-state index contributed by atoms with van der Waals surface area (Å²) in [5, 5.41) is 10.6. The third-order valence-corrected chi connectivity index (χ3v) is 3.15. The van der Waals surface area contributed by atoms with Gasteiger partial charge in [0.2, 0.25) is 0 Å². The second-order valence-corrected chi connectivity index (χ2v) is 4.91. The monoisotopic (exact) mass is 255 g/mol. The van der Waals surface area contributed by atoms with Gasteiger partial charge < -0.3 is 5.11 Å². The number of aliphatic hydroxyl groups is 1. The number of pyridine rings is 1. The summed E-state index contributed by atoms with van der Waals surface area (Å²) in [6.45, 7) is 2.22. The van der Waals surface area contributed by atoms with Crippen LogP contribution < -0.4 is 0 Å². The molecule has 0 bridgehead atoms. The van der Waals surface area contributed by atoms with E-state index in [1.807, 2.05) is 0 Å². The summed E-state index contributed by atoms with van der Waals surface area (Å²) in [6.07, 6.45) is 9.36. The maximum Gasteiger partial charge on any atom is 0.0960 e. The molecule has 1 N–H and O–H groups in total. The van der Waals surface area contributed by atoms with Crippen LogP contribution in [0, 0.1) is 0 Å². The molecule has 2 nitrogen and oxygen atoms in total. The standard InChI is InChI=1S/C14H22ClNO/c1-2-3-4-5-6-7-8-14(17)13-11-12(15)9-10-16-13/h9-11,14,17H,2-8H2,1H3. The third-order valence-electron chi connectivity index (χ3n) is 2.92. The van der Waals surface area contributed by atoms with E-state index < -0.39 is 6.10 Å². The molecule has 1 aromatic heterocycles. The number of aliphatic hydroxyl groups excluding tert-OH is 1. The third kappa shape index (κ3) is 6.04. The molecule has 1 unspecified atom stereocenters. The van der Waals surface area contributed by atoms with Crippen molar-refractivity contribution in [3.8, 4) is 0 Å². The molecular weight excluding hydrogens is 234 g/mol. The zero-order chi connectivity index (χ0) is 12.5. The van der Waals surface area contributed by atoms with Crippen molar-refractivity contribution in [2.75, 3.05) is 0 Å². The predicted molar refractivity (Wildman–Crippen MR) is 72.2 cm³/mol. The summed E-state index contributed by atoms with van der Waals surface area (Å²) < 4.78 is 0. The molecule has 0 amide bonds. The van der Waals surface area contributed by atoms with Gasteiger partial charge in [0, 0.05) is 11.2 Å². The SMILES string of the molecule is CCCCCCCCC(O)c1cc(Cl)ccn1. The first-order chi connectivity index (χ1) is 8.24. The Bertz CT molecular complexity index is 317. The number of unbranched alkanes of at least 4 members (excludes halogenated alkanes) is 5. The first-order valence-electron chi connectivity index (χ1n) is 6.53. The molecule has 0 spiro atoms. The molecule has 0 aliphatic carbocycles. The fourth-order valence-electron chi connectivity index (χ4n) is 1.87. The smallest absolute Gasteiger partial charge is 0.0960 e. The van der Waals surface area contributed by atoms with Crippen LogP contribution in [0.15, 0.2) is 18.3 Å². The van der Waals surface area contributed by atoms with Crippen LogP contribution >= 0.6 is 11.6 Å². The lowest BCUT2D eigenvalue weighted by Crippen LogP contribution is -2.00. The highest BCUT2D eigenvalue weighted by Crippen LogP contribution is 2.20. The maximum atomic E-state index is 9.93. The van der Waals surface area contributed by atoms with Gasteiger partial charge in [-0.25, -0.2) is 0 Å². The average Bonchev–Trinajstić information content (AvgIpc) is 2.33. The summed E-state index contributed by atoms with van der Waals surface area (Å²) in [4.78, 5) is 4.13. The van der Waals surface area contributed by atoms with E-state index in [4.69, 9.17) is 11.6 Å². The molecule has 1 rings (SSSR count). The van der Waals surface area contributed by atoms with Gasteiger partial charge in [0.15, 0.2) is 0 Å². The second kappa shape index (κ2) is 8.48. The zero-order valence-electron chi connectivity index (χ0n) is 10.5. The van der Waals surface area contributed by atoms with Crippen LogP contribution in [0.5, 0.6) is 0 Å². The van der Waals surface area contributed by atoms with Gasteiger partial charge >= 0.3 is 0 Å². The minimum atomic E-state index is -0.472. The Balaban J connectivity index is 2.19.